The number of fused-ring (bicyclic) bond motifs is 3. The number of carbonyl (C=O) groups excluding carboxylic acids is 3. The number of benzene rings is 2. The number of carboxylic acids is 1. The highest BCUT2D eigenvalue weighted by atomic mass is 35.5. The summed E-state index contributed by atoms with van der Waals surface area (Å²) in [6.07, 6.45) is -3.84. The van der Waals surface area contributed by atoms with Gasteiger partial charge in [0.25, 0.3) is 0 Å². The smallest absolute Gasteiger partial charge is 0.490 e. The van der Waals surface area contributed by atoms with Crippen molar-refractivity contribution in [3.05, 3.63) is 53.1 Å². The van der Waals surface area contributed by atoms with Gasteiger partial charge in [-0.25, -0.2) is 4.79 Å². The van der Waals surface area contributed by atoms with Crippen molar-refractivity contribution in [2.75, 3.05) is 27.3 Å². The second-order valence-electron chi connectivity index (χ2n) is 9.85. The van der Waals surface area contributed by atoms with Gasteiger partial charge in [0, 0.05) is 23.2 Å². The number of amides is 2. The van der Waals surface area contributed by atoms with E-state index in [9.17, 15) is 27.6 Å². The average Bonchev–Trinajstić information content (AvgIpc) is 3.56. The molecule has 0 unspecified atom stereocenters. The van der Waals surface area contributed by atoms with E-state index in [1.54, 1.807) is 14.0 Å². The number of rotatable bonds is 5. The van der Waals surface area contributed by atoms with Crippen molar-refractivity contribution >= 4 is 35.4 Å². The molecule has 4 atom stereocenters. The molecule has 3 heterocycles. The predicted octanol–water partition coefficient (Wildman–Crippen LogP) is 4.33. The van der Waals surface area contributed by atoms with E-state index >= 15 is 0 Å². The number of aliphatic carboxylic acids is 1. The fraction of sp³-hybridized carbons (Fsp3) is 0.429. The van der Waals surface area contributed by atoms with Crippen LogP contribution in [0.15, 0.2) is 42.5 Å². The Bertz CT molecular complexity index is 1380. The lowest BCUT2D eigenvalue weighted by atomic mass is 9.77. The molecule has 13 heteroatoms. The van der Waals surface area contributed by atoms with Crippen molar-refractivity contribution in [1.29, 1.82) is 0 Å². The maximum Gasteiger partial charge on any atom is 0.490 e. The zero-order chi connectivity index (χ0) is 30.3. The molecule has 0 saturated carbocycles. The summed E-state index contributed by atoms with van der Waals surface area (Å²) in [5, 5.41) is 7.75. The normalized spacial score (nSPS) is 25.3. The number of methoxy groups -OCH3 is 2. The molecular formula is C28H28ClF3N2O7. The summed E-state index contributed by atoms with van der Waals surface area (Å²) in [5.74, 6) is -4.46. The monoisotopic (exact) mass is 596 g/mol. The van der Waals surface area contributed by atoms with Crippen LogP contribution in [0.25, 0.3) is 11.1 Å². The van der Waals surface area contributed by atoms with Crippen LogP contribution in [0.3, 0.4) is 0 Å². The third-order valence-corrected chi connectivity index (χ3v) is 8.14. The van der Waals surface area contributed by atoms with Crippen LogP contribution in [0.5, 0.6) is 5.75 Å². The van der Waals surface area contributed by atoms with Gasteiger partial charge in [0.2, 0.25) is 11.8 Å². The summed E-state index contributed by atoms with van der Waals surface area (Å²) in [6.45, 7) is 2.68. The van der Waals surface area contributed by atoms with Gasteiger partial charge in [0.15, 0.2) is 0 Å². The Morgan fingerprint density at radius 3 is 2.37 bits per heavy atom. The molecule has 2 amide bonds. The van der Waals surface area contributed by atoms with Crippen LogP contribution >= 0.6 is 11.6 Å². The lowest BCUT2D eigenvalue weighted by Crippen LogP contribution is -2.54. The first-order valence-electron chi connectivity index (χ1n) is 12.8. The quantitative estimate of drug-likeness (QED) is 0.401. The van der Waals surface area contributed by atoms with Crippen molar-refractivity contribution in [1.82, 2.24) is 9.80 Å². The topological polar surface area (TPSA) is 113 Å². The van der Waals surface area contributed by atoms with Gasteiger partial charge in [-0.05, 0) is 55.6 Å². The van der Waals surface area contributed by atoms with Gasteiger partial charge in [-0.15, -0.1) is 0 Å². The van der Waals surface area contributed by atoms with Gasteiger partial charge < -0.3 is 14.6 Å². The summed E-state index contributed by atoms with van der Waals surface area (Å²) in [7, 11) is 2.94. The molecule has 0 radical (unpaired) electrons. The van der Waals surface area contributed by atoms with Crippen LogP contribution < -0.4 is 4.74 Å². The summed E-state index contributed by atoms with van der Waals surface area (Å²) in [6, 6.07) is 12.9. The molecule has 2 aromatic rings. The van der Waals surface area contributed by atoms with Crippen molar-refractivity contribution in [2.24, 2.45) is 11.8 Å². The summed E-state index contributed by atoms with van der Waals surface area (Å²) in [5.41, 5.74) is 1.49. The van der Waals surface area contributed by atoms with E-state index in [0.717, 1.165) is 23.1 Å². The molecule has 1 N–H and O–H groups in total. The molecule has 3 fully saturated rings. The van der Waals surface area contributed by atoms with E-state index in [1.807, 2.05) is 47.4 Å². The van der Waals surface area contributed by atoms with Crippen LogP contribution in [0.2, 0.25) is 5.02 Å². The molecule has 3 saturated heterocycles. The van der Waals surface area contributed by atoms with Crippen molar-refractivity contribution in [2.45, 2.75) is 37.5 Å². The van der Waals surface area contributed by atoms with E-state index < -0.39 is 41.5 Å². The highest BCUT2D eigenvalue weighted by Gasteiger charge is 2.73. The van der Waals surface area contributed by atoms with Gasteiger partial charge >= 0.3 is 18.1 Å². The maximum absolute atomic E-state index is 13.5. The Labute approximate surface area is 238 Å². The summed E-state index contributed by atoms with van der Waals surface area (Å²) < 4.78 is 42.7. The minimum atomic E-state index is -5.08. The van der Waals surface area contributed by atoms with E-state index in [-0.39, 0.29) is 18.4 Å². The zero-order valence-electron chi connectivity index (χ0n) is 22.4. The van der Waals surface area contributed by atoms with Crippen molar-refractivity contribution < 1.29 is 46.9 Å². The number of likely N-dealkylation sites (tertiary alicyclic amines) is 1. The van der Waals surface area contributed by atoms with Crippen LogP contribution in [-0.2, 0) is 23.9 Å². The number of hydrogen-bond acceptors (Lipinski definition) is 7. The van der Waals surface area contributed by atoms with Crippen molar-refractivity contribution in [3.8, 4) is 16.9 Å². The van der Waals surface area contributed by atoms with Gasteiger partial charge in [0.1, 0.15) is 11.3 Å². The Morgan fingerprint density at radius 1 is 1.12 bits per heavy atom. The molecular weight excluding hydrogens is 569 g/mol. The van der Waals surface area contributed by atoms with E-state index in [1.165, 1.54) is 12.0 Å². The molecule has 2 aromatic carbocycles. The van der Waals surface area contributed by atoms with E-state index in [4.69, 9.17) is 31.0 Å². The number of ether oxygens (including phenoxy) is 2. The number of nitrogens with zero attached hydrogens (tertiary/aromatic N) is 2. The Morgan fingerprint density at radius 2 is 1.80 bits per heavy atom. The standard InChI is InChI=1S/C26H27ClN2O5.C2HF3O2/c1-4-28-23(30)20-21(24(28)31)26(25(32)34-3)11-6-12-29(26)22(20)16-9-10-18(19(14-16)33-2)15-7-5-8-17(27)13-15;3-2(4,5)1(6)7/h5,7-10,13-14,20-22H,4,6,11-12H2,1-3H3;(H,6,7)/t20-,21-,22-,26+;/m1./s1. The average molecular weight is 597 g/mol. The van der Waals surface area contributed by atoms with E-state index in [2.05, 4.69) is 0 Å². The zero-order valence-corrected chi connectivity index (χ0v) is 23.2. The maximum atomic E-state index is 13.5. The first-order chi connectivity index (χ1) is 19.3. The largest absolute Gasteiger partial charge is 0.496 e. The number of alkyl halides is 3. The molecule has 9 nitrogen and oxygen atoms in total. The highest BCUT2D eigenvalue weighted by molar-refractivity contribution is 6.30. The van der Waals surface area contributed by atoms with Crippen molar-refractivity contribution in [3.63, 3.8) is 0 Å². The number of esters is 1. The summed E-state index contributed by atoms with van der Waals surface area (Å²) >= 11 is 6.20. The molecule has 41 heavy (non-hydrogen) atoms. The van der Waals surface area contributed by atoms with Crippen LogP contribution in [0.1, 0.15) is 31.4 Å². The third-order valence-electron chi connectivity index (χ3n) is 7.90. The van der Waals surface area contributed by atoms with Gasteiger partial charge in [-0.1, -0.05) is 35.9 Å². The molecule has 5 rings (SSSR count). The van der Waals surface area contributed by atoms with E-state index in [0.29, 0.717) is 23.7 Å². The fourth-order valence-electron chi connectivity index (χ4n) is 6.36. The van der Waals surface area contributed by atoms with Crippen LogP contribution in [-0.4, -0.2) is 77.7 Å². The second-order valence-corrected chi connectivity index (χ2v) is 10.3. The number of hydrogen-bond donors (Lipinski definition) is 1. The molecule has 0 aromatic heterocycles. The Hall–Kier alpha value is -3.64. The molecule has 3 aliphatic heterocycles. The molecule has 0 aliphatic carbocycles. The highest BCUT2D eigenvalue weighted by Crippen LogP contribution is 2.59. The van der Waals surface area contributed by atoms with Crippen LogP contribution in [0, 0.1) is 11.8 Å². The first-order valence-corrected chi connectivity index (χ1v) is 13.2. The van der Waals surface area contributed by atoms with Gasteiger partial charge in [-0.2, -0.15) is 13.2 Å². The first kappa shape index (κ1) is 30.3. The number of carboxylic acid groups (broad SMARTS) is 1. The number of carbonyl (C=O) groups is 4. The molecule has 0 bridgehead atoms. The number of halogens is 4. The lowest BCUT2D eigenvalue weighted by molar-refractivity contribution is -0.192. The third kappa shape index (κ3) is 5.03. The number of imide groups is 1. The molecule has 3 aliphatic rings. The lowest BCUT2D eigenvalue weighted by Gasteiger charge is -2.36. The Balaban J connectivity index is 0.000000493. The minimum absolute atomic E-state index is 0.224. The van der Waals surface area contributed by atoms with Crippen LogP contribution in [0.4, 0.5) is 13.2 Å². The molecule has 0 spiro atoms. The SMILES string of the molecule is CCN1C(=O)[C@H]2[C@@H](c3ccc(-c4cccc(Cl)c4)c(OC)c3)N3CCC[C@@]3(C(=O)OC)[C@H]2C1=O.O=C(O)C(F)(F)F. The fourth-order valence-corrected chi connectivity index (χ4v) is 6.55. The predicted molar refractivity (Wildman–Crippen MR) is 140 cm³/mol. The summed E-state index contributed by atoms with van der Waals surface area (Å²) in [4.78, 5) is 52.3. The van der Waals surface area contributed by atoms with Gasteiger partial charge in [0.05, 0.1) is 26.1 Å². The minimum Gasteiger partial charge on any atom is -0.496 e. The second kappa shape index (κ2) is 11.3. The molecule has 220 valence electrons. The Kier molecular flexibility index (Phi) is 8.38. The van der Waals surface area contributed by atoms with Gasteiger partial charge in [-0.3, -0.25) is 24.2 Å².